The lowest BCUT2D eigenvalue weighted by Crippen LogP contribution is -2.49. The number of ketones is 1. The van der Waals surface area contributed by atoms with E-state index in [1.165, 1.54) is 0 Å². The number of rotatable bonds is 5. The molecule has 0 unspecified atom stereocenters. The Morgan fingerprint density at radius 3 is 2.23 bits per heavy atom. The minimum absolute atomic E-state index is 0.0278. The van der Waals surface area contributed by atoms with Gasteiger partial charge in [-0.15, -0.1) is 0 Å². The third-order valence-electron chi connectivity index (χ3n) is 3.11. The van der Waals surface area contributed by atoms with Crippen molar-refractivity contribution < 1.29 is 19.2 Å². The molecule has 1 fully saturated rings. The summed E-state index contributed by atoms with van der Waals surface area (Å²) in [6.45, 7) is 0. The molecule has 1 aliphatic rings. The molecule has 1 saturated carbocycles. The van der Waals surface area contributed by atoms with Crippen molar-refractivity contribution in [1.29, 1.82) is 0 Å². The first-order valence-electron chi connectivity index (χ1n) is 7.04. The van der Waals surface area contributed by atoms with Crippen LogP contribution in [0.15, 0.2) is 30.3 Å². The first-order chi connectivity index (χ1) is 10.6. The van der Waals surface area contributed by atoms with E-state index in [9.17, 15) is 19.2 Å². The Balaban J connectivity index is 1.66. The summed E-state index contributed by atoms with van der Waals surface area (Å²) in [7, 11) is 0. The van der Waals surface area contributed by atoms with Gasteiger partial charge >= 0.3 is 11.8 Å². The topological polar surface area (TPSA) is 104 Å². The van der Waals surface area contributed by atoms with E-state index in [1.807, 2.05) is 5.43 Å². The van der Waals surface area contributed by atoms with Gasteiger partial charge in [-0.1, -0.05) is 30.3 Å². The van der Waals surface area contributed by atoms with Crippen LogP contribution in [0.2, 0.25) is 0 Å². The highest BCUT2D eigenvalue weighted by Gasteiger charge is 2.26. The average Bonchev–Trinajstić information content (AvgIpc) is 3.34. The molecule has 1 aliphatic carbocycles. The fourth-order valence-corrected chi connectivity index (χ4v) is 1.72. The van der Waals surface area contributed by atoms with E-state index in [2.05, 4.69) is 10.7 Å². The molecule has 0 aromatic heterocycles. The Morgan fingerprint density at radius 2 is 1.59 bits per heavy atom. The fraction of sp³-hybridized carbons (Fsp3) is 0.333. The second kappa shape index (κ2) is 7.35. The monoisotopic (exact) mass is 303 g/mol. The van der Waals surface area contributed by atoms with Crippen molar-refractivity contribution in [1.82, 2.24) is 16.2 Å². The molecule has 0 spiro atoms. The normalized spacial score (nSPS) is 13.1. The molecule has 0 aliphatic heterocycles. The quantitative estimate of drug-likeness (QED) is 0.407. The standard InChI is InChI=1S/C15H17N3O4/c19-12(10-4-2-1-3-5-10)8-9-13(20)17-18-15(22)14(21)16-11-6-7-11/h1-5,11H,6-9H2,(H,16,21)(H,17,20)(H,18,22). The van der Waals surface area contributed by atoms with Crippen LogP contribution in [0, 0.1) is 0 Å². The number of carbonyl (C=O) groups is 4. The number of benzene rings is 1. The molecule has 1 aromatic carbocycles. The van der Waals surface area contributed by atoms with E-state index < -0.39 is 17.7 Å². The van der Waals surface area contributed by atoms with Crippen LogP contribution >= 0.6 is 0 Å². The van der Waals surface area contributed by atoms with Gasteiger partial charge in [-0.05, 0) is 12.8 Å². The van der Waals surface area contributed by atoms with Crippen LogP contribution in [0.3, 0.4) is 0 Å². The Morgan fingerprint density at radius 1 is 0.909 bits per heavy atom. The van der Waals surface area contributed by atoms with E-state index in [0.29, 0.717) is 5.56 Å². The summed E-state index contributed by atoms with van der Waals surface area (Å²) < 4.78 is 0. The lowest BCUT2D eigenvalue weighted by atomic mass is 10.1. The molecule has 7 nitrogen and oxygen atoms in total. The van der Waals surface area contributed by atoms with Gasteiger partial charge in [0.1, 0.15) is 0 Å². The molecule has 0 saturated heterocycles. The van der Waals surface area contributed by atoms with Crippen molar-refractivity contribution in [3.05, 3.63) is 35.9 Å². The van der Waals surface area contributed by atoms with Crippen LogP contribution < -0.4 is 16.2 Å². The number of Topliss-reactive ketones (excluding diaryl/α,β-unsaturated/α-hetero) is 1. The SMILES string of the molecule is O=C(CCC(=O)c1ccccc1)NNC(=O)C(=O)NC1CC1. The molecule has 0 heterocycles. The zero-order valence-electron chi connectivity index (χ0n) is 11.9. The molecular weight excluding hydrogens is 286 g/mol. The summed E-state index contributed by atoms with van der Waals surface area (Å²) >= 11 is 0. The second-order valence-electron chi connectivity index (χ2n) is 5.04. The molecule has 3 amide bonds. The third-order valence-corrected chi connectivity index (χ3v) is 3.11. The molecule has 0 atom stereocenters. The maximum atomic E-state index is 11.8. The summed E-state index contributed by atoms with van der Waals surface area (Å²) in [5.41, 5.74) is 4.66. The van der Waals surface area contributed by atoms with Gasteiger partial charge in [0.2, 0.25) is 5.91 Å². The molecule has 116 valence electrons. The first kappa shape index (κ1) is 15.7. The van der Waals surface area contributed by atoms with Crippen molar-refractivity contribution in [2.45, 2.75) is 31.7 Å². The van der Waals surface area contributed by atoms with E-state index in [0.717, 1.165) is 12.8 Å². The van der Waals surface area contributed by atoms with Gasteiger partial charge in [0.25, 0.3) is 0 Å². The van der Waals surface area contributed by atoms with Crippen LogP contribution in [-0.4, -0.2) is 29.5 Å². The lowest BCUT2D eigenvalue weighted by Gasteiger charge is -2.07. The molecule has 7 heteroatoms. The van der Waals surface area contributed by atoms with E-state index in [-0.39, 0.29) is 24.7 Å². The van der Waals surface area contributed by atoms with Crippen LogP contribution in [0.1, 0.15) is 36.0 Å². The molecule has 22 heavy (non-hydrogen) atoms. The maximum absolute atomic E-state index is 11.8. The van der Waals surface area contributed by atoms with Crippen molar-refractivity contribution in [3.63, 3.8) is 0 Å². The summed E-state index contributed by atoms with van der Waals surface area (Å²) in [4.78, 5) is 46.0. The van der Waals surface area contributed by atoms with E-state index in [1.54, 1.807) is 30.3 Å². The molecule has 0 bridgehead atoms. The van der Waals surface area contributed by atoms with E-state index in [4.69, 9.17) is 0 Å². The largest absolute Gasteiger partial charge is 0.345 e. The molecule has 1 aromatic rings. The van der Waals surface area contributed by atoms with Crippen molar-refractivity contribution >= 4 is 23.5 Å². The predicted molar refractivity (Wildman–Crippen MR) is 77.5 cm³/mol. The smallest absolute Gasteiger partial charge is 0.327 e. The maximum Gasteiger partial charge on any atom is 0.327 e. The molecule has 0 radical (unpaired) electrons. The minimum atomic E-state index is -0.922. The van der Waals surface area contributed by atoms with Crippen LogP contribution in [0.25, 0.3) is 0 Å². The zero-order chi connectivity index (χ0) is 15.9. The van der Waals surface area contributed by atoms with Gasteiger partial charge in [0, 0.05) is 24.4 Å². The van der Waals surface area contributed by atoms with Gasteiger partial charge in [-0.25, -0.2) is 0 Å². The highest BCUT2D eigenvalue weighted by Crippen LogP contribution is 2.18. The molecule has 3 N–H and O–H groups in total. The summed E-state index contributed by atoms with van der Waals surface area (Å²) in [5.74, 6) is -2.39. The number of hydrogen-bond acceptors (Lipinski definition) is 4. The Kier molecular flexibility index (Phi) is 5.24. The number of amides is 3. The minimum Gasteiger partial charge on any atom is -0.345 e. The lowest BCUT2D eigenvalue weighted by molar-refractivity contribution is -0.141. The summed E-state index contributed by atoms with van der Waals surface area (Å²) in [6.07, 6.45) is 1.69. The van der Waals surface area contributed by atoms with Crippen molar-refractivity contribution in [3.8, 4) is 0 Å². The Bertz CT molecular complexity index is 582. The summed E-state index contributed by atoms with van der Waals surface area (Å²) in [6, 6.07) is 8.69. The average molecular weight is 303 g/mol. The number of hydrazine groups is 1. The highest BCUT2D eigenvalue weighted by molar-refractivity contribution is 6.35. The van der Waals surface area contributed by atoms with Crippen LogP contribution in [0.4, 0.5) is 0 Å². The highest BCUT2D eigenvalue weighted by atomic mass is 16.2. The number of hydrogen-bond donors (Lipinski definition) is 3. The van der Waals surface area contributed by atoms with Crippen LogP contribution in [0.5, 0.6) is 0 Å². The zero-order valence-corrected chi connectivity index (χ0v) is 11.9. The third kappa shape index (κ3) is 5.01. The summed E-state index contributed by atoms with van der Waals surface area (Å²) in [5, 5.41) is 2.49. The Labute approximate surface area is 127 Å². The van der Waals surface area contributed by atoms with Crippen molar-refractivity contribution in [2.24, 2.45) is 0 Å². The van der Waals surface area contributed by atoms with Gasteiger partial charge in [-0.2, -0.15) is 0 Å². The Hall–Kier alpha value is -2.70. The predicted octanol–water partition coefficient (Wildman–Crippen LogP) is 0.0755. The number of nitrogens with one attached hydrogen (secondary N) is 3. The van der Waals surface area contributed by atoms with E-state index >= 15 is 0 Å². The molecule has 2 rings (SSSR count). The van der Waals surface area contributed by atoms with Gasteiger partial charge < -0.3 is 5.32 Å². The van der Waals surface area contributed by atoms with Crippen molar-refractivity contribution in [2.75, 3.05) is 0 Å². The second-order valence-corrected chi connectivity index (χ2v) is 5.04. The fourth-order valence-electron chi connectivity index (χ4n) is 1.72. The van der Waals surface area contributed by atoms with Crippen LogP contribution in [-0.2, 0) is 14.4 Å². The molecular formula is C15H17N3O4. The van der Waals surface area contributed by atoms with Gasteiger partial charge in [0.15, 0.2) is 5.78 Å². The van der Waals surface area contributed by atoms with Gasteiger partial charge in [-0.3, -0.25) is 30.0 Å². The first-order valence-corrected chi connectivity index (χ1v) is 7.04. The van der Waals surface area contributed by atoms with Gasteiger partial charge in [0.05, 0.1) is 0 Å². The number of carbonyl (C=O) groups excluding carboxylic acids is 4.